The van der Waals surface area contributed by atoms with Crippen molar-refractivity contribution in [2.24, 2.45) is 4.99 Å². The molecule has 1 aromatic rings. The second-order valence-corrected chi connectivity index (χ2v) is 9.34. The van der Waals surface area contributed by atoms with Crippen LogP contribution in [0.1, 0.15) is 38.8 Å². The van der Waals surface area contributed by atoms with Gasteiger partial charge in [0.2, 0.25) is 0 Å². The lowest BCUT2D eigenvalue weighted by Crippen LogP contribution is -2.46. The van der Waals surface area contributed by atoms with Crippen LogP contribution in [0.3, 0.4) is 0 Å². The summed E-state index contributed by atoms with van der Waals surface area (Å²) in [7, 11) is -1.26. The molecular weight excluding hydrogens is 511 g/mol. The van der Waals surface area contributed by atoms with Crippen molar-refractivity contribution in [2.75, 3.05) is 38.7 Å². The maximum absolute atomic E-state index is 11.3. The zero-order valence-electron chi connectivity index (χ0n) is 17.4. The van der Waals surface area contributed by atoms with Crippen molar-refractivity contribution in [2.45, 2.75) is 39.3 Å². The van der Waals surface area contributed by atoms with Crippen LogP contribution in [0.5, 0.6) is 0 Å². The molecule has 2 N–H and O–H groups in total. The summed E-state index contributed by atoms with van der Waals surface area (Å²) < 4.78 is 22.7. The predicted octanol–water partition coefficient (Wildman–Crippen LogP) is 3.33. The number of halogens is 2. The third-order valence-electron chi connectivity index (χ3n) is 4.51. The van der Waals surface area contributed by atoms with Crippen LogP contribution in [-0.2, 0) is 9.84 Å². The Hall–Kier alpha value is -0.580. The van der Waals surface area contributed by atoms with E-state index in [0.29, 0.717) is 18.9 Å². The maximum atomic E-state index is 11.3. The summed E-state index contributed by atoms with van der Waals surface area (Å²) in [5.41, 5.74) is 1.08. The average Bonchev–Trinajstić information content (AvgIpc) is 2.62. The number of sulfone groups is 1. The summed E-state index contributed by atoms with van der Waals surface area (Å²) in [5.74, 6) is 0.806. The van der Waals surface area contributed by atoms with Crippen LogP contribution in [0, 0.1) is 0 Å². The quantitative estimate of drug-likeness (QED) is 0.269. The standard InChI is InChI=1S/C19H33ClN4O2S.HI/c1-6-24(7-2)18(16-10-8-9-11-17(16)20)14-22-19(21-4)23-15(3)12-13-27(5,25)26;/h8-11,15,18H,6-7,12-14H2,1-5H3,(H2,21,22,23);1H. The molecule has 6 nitrogen and oxygen atoms in total. The van der Waals surface area contributed by atoms with Gasteiger partial charge in [-0.15, -0.1) is 24.0 Å². The molecule has 2 atom stereocenters. The Morgan fingerprint density at radius 1 is 1.25 bits per heavy atom. The van der Waals surface area contributed by atoms with Crippen LogP contribution in [0.4, 0.5) is 0 Å². The fraction of sp³-hybridized carbons (Fsp3) is 0.632. The number of hydrogen-bond donors (Lipinski definition) is 2. The fourth-order valence-electron chi connectivity index (χ4n) is 2.93. The van der Waals surface area contributed by atoms with E-state index < -0.39 is 9.84 Å². The highest BCUT2D eigenvalue weighted by atomic mass is 127. The third-order valence-corrected chi connectivity index (χ3v) is 5.83. The number of hydrogen-bond acceptors (Lipinski definition) is 4. The Labute approximate surface area is 192 Å². The summed E-state index contributed by atoms with van der Waals surface area (Å²) in [6.07, 6.45) is 1.79. The van der Waals surface area contributed by atoms with Crippen molar-refractivity contribution in [1.82, 2.24) is 15.5 Å². The van der Waals surface area contributed by atoms with E-state index >= 15 is 0 Å². The first kappa shape index (κ1) is 27.4. The van der Waals surface area contributed by atoms with E-state index in [2.05, 4.69) is 40.4 Å². The SMILES string of the molecule is CCN(CC)C(CNC(=NC)NC(C)CCS(C)(=O)=O)c1ccccc1Cl.I. The van der Waals surface area contributed by atoms with Crippen LogP contribution in [-0.4, -0.2) is 64.0 Å². The molecule has 0 amide bonds. The van der Waals surface area contributed by atoms with E-state index in [1.165, 1.54) is 6.26 Å². The Bertz CT molecular complexity index is 712. The summed E-state index contributed by atoms with van der Waals surface area (Å²) in [5, 5.41) is 7.37. The number of benzene rings is 1. The van der Waals surface area contributed by atoms with Crippen molar-refractivity contribution in [3.8, 4) is 0 Å². The molecule has 2 unspecified atom stereocenters. The third kappa shape index (κ3) is 9.76. The van der Waals surface area contributed by atoms with Gasteiger partial charge in [0, 0.05) is 30.9 Å². The van der Waals surface area contributed by atoms with E-state index in [0.717, 1.165) is 23.7 Å². The predicted molar refractivity (Wildman–Crippen MR) is 131 cm³/mol. The number of nitrogens with zero attached hydrogens (tertiary/aromatic N) is 2. The lowest BCUT2D eigenvalue weighted by Gasteiger charge is -2.31. The molecule has 0 spiro atoms. The van der Waals surface area contributed by atoms with Crippen LogP contribution >= 0.6 is 35.6 Å². The van der Waals surface area contributed by atoms with Gasteiger partial charge in [0.25, 0.3) is 0 Å². The second kappa shape index (κ2) is 13.6. The molecule has 0 aliphatic carbocycles. The first-order valence-electron chi connectivity index (χ1n) is 9.35. The molecular formula is C19H34ClIN4O2S. The van der Waals surface area contributed by atoms with Gasteiger partial charge in [-0.25, -0.2) is 8.42 Å². The monoisotopic (exact) mass is 544 g/mol. The van der Waals surface area contributed by atoms with Crippen LogP contribution in [0.25, 0.3) is 0 Å². The zero-order chi connectivity index (χ0) is 20.4. The molecule has 0 aromatic heterocycles. The minimum atomic E-state index is -2.97. The van der Waals surface area contributed by atoms with E-state index in [-0.39, 0.29) is 41.8 Å². The Balaban J connectivity index is 0.00000729. The van der Waals surface area contributed by atoms with Gasteiger partial charge in [0.1, 0.15) is 9.84 Å². The Morgan fingerprint density at radius 3 is 2.36 bits per heavy atom. The van der Waals surface area contributed by atoms with Crippen molar-refractivity contribution < 1.29 is 8.42 Å². The number of likely N-dealkylation sites (N-methyl/N-ethyl adjacent to an activating group) is 1. The van der Waals surface area contributed by atoms with Gasteiger partial charge in [0.15, 0.2) is 5.96 Å². The van der Waals surface area contributed by atoms with E-state index in [4.69, 9.17) is 11.6 Å². The molecule has 28 heavy (non-hydrogen) atoms. The van der Waals surface area contributed by atoms with E-state index in [1.54, 1.807) is 7.05 Å². The van der Waals surface area contributed by atoms with Gasteiger partial charge in [0.05, 0.1) is 11.8 Å². The number of guanidine groups is 1. The smallest absolute Gasteiger partial charge is 0.191 e. The molecule has 0 aliphatic rings. The van der Waals surface area contributed by atoms with E-state index in [9.17, 15) is 8.42 Å². The minimum Gasteiger partial charge on any atom is -0.354 e. The molecule has 0 aliphatic heterocycles. The fourth-order valence-corrected chi connectivity index (χ4v) is 3.97. The minimum absolute atomic E-state index is 0. The van der Waals surface area contributed by atoms with Gasteiger partial charge < -0.3 is 10.6 Å². The Morgan fingerprint density at radius 2 is 1.86 bits per heavy atom. The Kier molecular flexibility index (Phi) is 13.3. The van der Waals surface area contributed by atoms with Crippen molar-refractivity contribution in [3.05, 3.63) is 34.9 Å². The van der Waals surface area contributed by atoms with Gasteiger partial charge in [-0.1, -0.05) is 43.6 Å². The topological polar surface area (TPSA) is 73.8 Å². The molecule has 1 aromatic carbocycles. The summed E-state index contributed by atoms with van der Waals surface area (Å²) >= 11 is 6.44. The molecule has 0 radical (unpaired) electrons. The second-order valence-electron chi connectivity index (χ2n) is 6.68. The molecule has 162 valence electrons. The lowest BCUT2D eigenvalue weighted by atomic mass is 10.0. The molecule has 0 heterocycles. The van der Waals surface area contributed by atoms with Gasteiger partial charge >= 0.3 is 0 Å². The number of rotatable bonds is 10. The largest absolute Gasteiger partial charge is 0.354 e. The highest BCUT2D eigenvalue weighted by Gasteiger charge is 2.21. The van der Waals surface area contributed by atoms with Gasteiger partial charge in [-0.2, -0.15) is 0 Å². The zero-order valence-corrected chi connectivity index (χ0v) is 21.3. The van der Waals surface area contributed by atoms with Crippen molar-refractivity contribution in [1.29, 1.82) is 0 Å². The molecule has 0 saturated heterocycles. The molecule has 9 heteroatoms. The van der Waals surface area contributed by atoms with Crippen LogP contribution in [0.2, 0.25) is 5.02 Å². The van der Waals surface area contributed by atoms with E-state index in [1.807, 2.05) is 25.1 Å². The molecule has 0 saturated carbocycles. The highest BCUT2D eigenvalue weighted by Crippen LogP contribution is 2.26. The first-order chi connectivity index (χ1) is 12.7. The van der Waals surface area contributed by atoms with Crippen LogP contribution < -0.4 is 10.6 Å². The van der Waals surface area contributed by atoms with Crippen molar-refractivity contribution in [3.63, 3.8) is 0 Å². The number of aliphatic imine (C=N–C) groups is 1. The molecule has 0 bridgehead atoms. The van der Waals surface area contributed by atoms with Gasteiger partial charge in [-0.05, 0) is 38.1 Å². The summed E-state index contributed by atoms with van der Waals surface area (Å²) in [6, 6.07) is 8.00. The van der Waals surface area contributed by atoms with Gasteiger partial charge in [-0.3, -0.25) is 9.89 Å². The average molecular weight is 545 g/mol. The molecule has 1 rings (SSSR count). The van der Waals surface area contributed by atoms with Crippen molar-refractivity contribution >= 4 is 51.4 Å². The normalized spacial score (nSPS) is 14.3. The van der Waals surface area contributed by atoms with Crippen LogP contribution in [0.15, 0.2) is 29.3 Å². The number of nitrogens with one attached hydrogen (secondary N) is 2. The lowest BCUT2D eigenvalue weighted by molar-refractivity contribution is 0.219. The summed E-state index contributed by atoms with van der Waals surface area (Å²) in [4.78, 5) is 6.61. The molecule has 0 fully saturated rings. The highest BCUT2D eigenvalue weighted by molar-refractivity contribution is 14.0. The first-order valence-corrected chi connectivity index (χ1v) is 11.8. The summed E-state index contributed by atoms with van der Waals surface area (Å²) in [6.45, 7) is 8.68. The maximum Gasteiger partial charge on any atom is 0.191 e.